The lowest BCUT2D eigenvalue weighted by molar-refractivity contribution is -0.146. The summed E-state index contributed by atoms with van der Waals surface area (Å²) in [7, 11) is 0. The summed E-state index contributed by atoms with van der Waals surface area (Å²) < 4.78 is 0. The third-order valence-corrected chi connectivity index (χ3v) is 3.40. The number of amides is 2. The van der Waals surface area contributed by atoms with Crippen LogP contribution in [0.3, 0.4) is 0 Å². The molecule has 1 heterocycles. The summed E-state index contributed by atoms with van der Waals surface area (Å²) in [5.41, 5.74) is 0. The number of aliphatic hydroxyl groups excluding tert-OH is 1. The molecule has 0 aromatic rings. The van der Waals surface area contributed by atoms with E-state index in [9.17, 15) is 9.59 Å². The van der Waals surface area contributed by atoms with E-state index in [2.05, 4.69) is 10.2 Å². The molecular formula is C11H19N3O4. The van der Waals surface area contributed by atoms with Gasteiger partial charge in [-0.3, -0.25) is 4.90 Å². The van der Waals surface area contributed by atoms with Gasteiger partial charge in [0.1, 0.15) is 0 Å². The second-order valence-electron chi connectivity index (χ2n) is 4.79. The zero-order valence-electron chi connectivity index (χ0n) is 10.2. The van der Waals surface area contributed by atoms with Crippen LogP contribution in [0, 0.1) is 0 Å². The number of aliphatic hydroxyl groups is 1. The van der Waals surface area contributed by atoms with Gasteiger partial charge in [-0.05, 0) is 12.8 Å². The first-order valence-electron chi connectivity index (χ1n) is 6.25. The molecule has 7 nitrogen and oxygen atoms in total. The smallest absolute Gasteiger partial charge is 0.334 e. The molecular weight excluding hydrogens is 238 g/mol. The highest BCUT2D eigenvalue weighted by molar-refractivity contribution is 5.76. The second-order valence-corrected chi connectivity index (χ2v) is 4.79. The highest BCUT2D eigenvalue weighted by Gasteiger charge is 2.32. The number of nitrogens with one attached hydrogen (secondary N) is 1. The van der Waals surface area contributed by atoms with Crippen LogP contribution in [0.4, 0.5) is 4.79 Å². The number of carboxylic acids is 1. The lowest BCUT2D eigenvalue weighted by Gasteiger charge is -2.34. The molecule has 0 aromatic heterocycles. The summed E-state index contributed by atoms with van der Waals surface area (Å²) in [6.45, 7) is 2.81. The minimum atomic E-state index is -1.54. The number of urea groups is 1. The van der Waals surface area contributed by atoms with Crippen LogP contribution in [0.15, 0.2) is 0 Å². The van der Waals surface area contributed by atoms with Gasteiger partial charge in [0.15, 0.2) is 6.10 Å². The molecule has 0 bridgehead atoms. The summed E-state index contributed by atoms with van der Waals surface area (Å²) in [6.07, 6.45) is 0.982. The number of carboxylic acid groups (broad SMARTS) is 1. The van der Waals surface area contributed by atoms with Crippen LogP contribution in [-0.4, -0.2) is 76.9 Å². The van der Waals surface area contributed by atoms with Crippen molar-refractivity contribution in [1.29, 1.82) is 0 Å². The van der Waals surface area contributed by atoms with Gasteiger partial charge < -0.3 is 20.4 Å². The van der Waals surface area contributed by atoms with Crippen LogP contribution in [0.1, 0.15) is 12.8 Å². The van der Waals surface area contributed by atoms with Gasteiger partial charge in [0.25, 0.3) is 0 Å². The molecule has 1 saturated carbocycles. The van der Waals surface area contributed by atoms with Crippen molar-refractivity contribution in [2.24, 2.45) is 0 Å². The molecule has 0 radical (unpaired) electrons. The van der Waals surface area contributed by atoms with E-state index in [4.69, 9.17) is 10.2 Å². The van der Waals surface area contributed by atoms with Gasteiger partial charge >= 0.3 is 12.0 Å². The third kappa shape index (κ3) is 3.33. The largest absolute Gasteiger partial charge is 0.479 e. The Morgan fingerprint density at radius 2 is 1.83 bits per heavy atom. The molecule has 2 fully saturated rings. The standard InChI is InChI=1S/C11H19N3O4/c15-9(10(16)17)7-12-11(18)14-5-3-13(4-6-14)8-1-2-8/h8-9,15H,1-7H2,(H,12,18)(H,16,17). The lowest BCUT2D eigenvalue weighted by Crippen LogP contribution is -2.53. The monoisotopic (exact) mass is 257 g/mol. The Bertz CT molecular complexity index is 324. The molecule has 3 N–H and O–H groups in total. The summed E-state index contributed by atoms with van der Waals surface area (Å²) in [5.74, 6) is -1.33. The van der Waals surface area contributed by atoms with Crippen molar-refractivity contribution in [3.05, 3.63) is 0 Å². The number of hydrogen-bond acceptors (Lipinski definition) is 4. The van der Waals surface area contributed by atoms with E-state index < -0.39 is 12.1 Å². The topological polar surface area (TPSA) is 93.1 Å². The van der Waals surface area contributed by atoms with Crippen molar-refractivity contribution in [3.63, 3.8) is 0 Å². The Morgan fingerprint density at radius 3 is 2.33 bits per heavy atom. The number of carbonyl (C=O) groups is 2. The molecule has 1 unspecified atom stereocenters. The van der Waals surface area contributed by atoms with E-state index >= 15 is 0 Å². The number of nitrogens with zero attached hydrogens (tertiary/aromatic N) is 2. The van der Waals surface area contributed by atoms with E-state index in [1.54, 1.807) is 4.90 Å². The highest BCUT2D eigenvalue weighted by Crippen LogP contribution is 2.27. The van der Waals surface area contributed by atoms with E-state index in [1.165, 1.54) is 12.8 Å². The maximum Gasteiger partial charge on any atom is 0.334 e. The number of piperazine rings is 1. The fourth-order valence-electron chi connectivity index (χ4n) is 2.11. The van der Waals surface area contributed by atoms with Crippen molar-refractivity contribution in [2.45, 2.75) is 25.0 Å². The van der Waals surface area contributed by atoms with Gasteiger partial charge in [-0.1, -0.05) is 0 Å². The zero-order valence-corrected chi connectivity index (χ0v) is 10.2. The molecule has 18 heavy (non-hydrogen) atoms. The fourth-order valence-corrected chi connectivity index (χ4v) is 2.11. The van der Waals surface area contributed by atoms with Gasteiger partial charge in [0, 0.05) is 32.2 Å². The number of carbonyl (C=O) groups excluding carboxylic acids is 1. The summed E-state index contributed by atoms with van der Waals surface area (Å²) >= 11 is 0. The molecule has 0 spiro atoms. The molecule has 1 aliphatic heterocycles. The fraction of sp³-hybridized carbons (Fsp3) is 0.818. The first-order chi connectivity index (χ1) is 8.58. The summed E-state index contributed by atoms with van der Waals surface area (Å²) in [6, 6.07) is 0.412. The molecule has 0 aromatic carbocycles. The third-order valence-electron chi connectivity index (χ3n) is 3.40. The average molecular weight is 257 g/mol. The second kappa shape index (κ2) is 5.53. The summed E-state index contributed by atoms with van der Waals surface area (Å²) in [4.78, 5) is 26.1. The first-order valence-corrected chi connectivity index (χ1v) is 6.25. The van der Waals surface area contributed by atoms with E-state index in [-0.39, 0.29) is 12.6 Å². The van der Waals surface area contributed by atoms with Gasteiger partial charge in [0.05, 0.1) is 6.54 Å². The number of hydrogen-bond donors (Lipinski definition) is 3. The predicted molar refractivity (Wildman–Crippen MR) is 63.2 cm³/mol. The Balaban J connectivity index is 1.68. The maximum absolute atomic E-state index is 11.7. The van der Waals surface area contributed by atoms with E-state index in [0.717, 1.165) is 13.1 Å². The van der Waals surface area contributed by atoms with Gasteiger partial charge in [-0.2, -0.15) is 0 Å². The van der Waals surface area contributed by atoms with Crippen LogP contribution in [0.25, 0.3) is 0 Å². The lowest BCUT2D eigenvalue weighted by atomic mass is 10.3. The van der Waals surface area contributed by atoms with Crippen LogP contribution in [0.2, 0.25) is 0 Å². The molecule has 2 aliphatic rings. The minimum absolute atomic E-state index is 0.253. The van der Waals surface area contributed by atoms with Crippen LogP contribution < -0.4 is 5.32 Å². The first kappa shape index (κ1) is 13.1. The van der Waals surface area contributed by atoms with Crippen LogP contribution in [-0.2, 0) is 4.79 Å². The molecule has 1 aliphatic carbocycles. The quantitative estimate of drug-likeness (QED) is 0.596. The van der Waals surface area contributed by atoms with Crippen molar-refractivity contribution < 1.29 is 19.8 Å². The molecule has 7 heteroatoms. The zero-order chi connectivity index (χ0) is 13.1. The molecule has 1 saturated heterocycles. The van der Waals surface area contributed by atoms with Crippen LogP contribution >= 0.6 is 0 Å². The highest BCUT2D eigenvalue weighted by atomic mass is 16.4. The SMILES string of the molecule is O=C(O)C(O)CNC(=O)N1CCN(C2CC2)CC1. The van der Waals surface area contributed by atoms with Crippen molar-refractivity contribution in [2.75, 3.05) is 32.7 Å². The predicted octanol–water partition coefficient (Wildman–Crippen LogP) is -1.08. The van der Waals surface area contributed by atoms with Crippen molar-refractivity contribution >= 4 is 12.0 Å². The molecule has 2 amide bonds. The normalized spacial score (nSPS) is 22.6. The van der Waals surface area contributed by atoms with Gasteiger partial charge in [-0.25, -0.2) is 9.59 Å². The molecule has 1 atom stereocenters. The summed E-state index contributed by atoms with van der Waals surface area (Å²) in [5, 5.41) is 20.0. The minimum Gasteiger partial charge on any atom is -0.479 e. The number of aliphatic carboxylic acids is 1. The van der Waals surface area contributed by atoms with Crippen LogP contribution in [0.5, 0.6) is 0 Å². The Morgan fingerprint density at radius 1 is 1.22 bits per heavy atom. The number of rotatable bonds is 4. The van der Waals surface area contributed by atoms with E-state index in [1.807, 2.05) is 0 Å². The molecule has 102 valence electrons. The van der Waals surface area contributed by atoms with Gasteiger partial charge in [-0.15, -0.1) is 0 Å². The average Bonchev–Trinajstić information content (AvgIpc) is 3.19. The Kier molecular flexibility index (Phi) is 4.03. The van der Waals surface area contributed by atoms with Crippen molar-refractivity contribution in [3.8, 4) is 0 Å². The maximum atomic E-state index is 11.7. The Hall–Kier alpha value is -1.34. The molecule has 2 rings (SSSR count). The Labute approximate surface area is 105 Å². The van der Waals surface area contributed by atoms with Crippen molar-refractivity contribution in [1.82, 2.24) is 15.1 Å². The van der Waals surface area contributed by atoms with Gasteiger partial charge in [0.2, 0.25) is 0 Å². The van der Waals surface area contributed by atoms with E-state index in [0.29, 0.717) is 19.1 Å².